The van der Waals surface area contributed by atoms with E-state index in [-0.39, 0.29) is 5.78 Å². The van der Waals surface area contributed by atoms with Gasteiger partial charge < -0.3 is 23.7 Å². The molecule has 0 N–H and O–H groups in total. The Morgan fingerprint density at radius 2 is 1.06 bits per heavy atom. The van der Waals surface area contributed by atoms with Crippen LogP contribution in [0.2, 0.25) is 0 Å². The van der Waals surface area contributed by atoms with Gasteiger partial charge in [-0.1, -0.05) is 91.0 Å². The molecule has 0 bridgehead atoms. The van der Waals surface area contributed by atoms with Crippen molar-refractivity contribution in [2.45, 2.75) is 57.5 Å². The van der Waals surface area contributed by atoms with Crippen LogP contribution >= 0.6 is 0 Å². The molecule has 1 heterocycles. The molecule has 0 unspecified atom stereocenters. The summed E-state index contributed by atoms with van der Waals surface area (Å²) in [5.41, 5.74) is 3.02. The molecule has 35 heavy (non-hydrogen) atoms. The molecule has 3 aromatic rings. The Balaban J connectivity index is 1.60. The topological polar surface area (TPSA) is 63.2 Å². The molecule has 6 heteroatoms. The van der Waals surface area contributed by atoms with Crippen LogP contribution in [0.4, 0.5) is 0 Å². The minimum atomic E-state index is -0.846. The molecule has 1 fully saturated rings. The number of ether oxygens (including phenoxy) is 5. The number of carbonyl (C=O) groups is 1. The lowest BCUT2D eigenvalue weighted by molar-refractivity contribution is -0.311. The van der Waals surface area contributed by atoms with Gasteiger partial charge in [0.1, 0.15) is 24.4 Å². The minimum absolute atomic E-state index is 0.153. The van der Waals surface area contributed by atoms with Gasteiger partial charge in [-0.3, -0.25) is 4.79 Å². The Morgan fingerprint density at radius 3 is 1.46 bits per heavy atom. The van der Waals surface area contributed by atoms with Crippen LogP contribution in [0.15, 0.2) is 91.0 Å². The van der Waals surface area contributed by atoms with E-state index in [1.807, 2.05) is 91.0 Å². The molecule has 6 nitrogen and oxygen atoms in total. The molecule has 1 aliphatic rings. The summed E-state index contributed by atoms with van der Waals surface area (Å²) in [5, 5.41) is 0. The van der Waals surface area contributed by atoms with Crippen LogP contribution in [0.25, 0.3) is 0 Å². The number of methoxy groups -OCH3 is 1. The van der Waals surface area contributed by atoms with Gasteiger partial charge in [0.05, 0.1) is 19.8 Å². The molecule has 1 saturated heterocycles. The van der Waals surface area contributed by atoms with Gasteiger partial charge in [-0.25, -0.2) is 0 Å². The number of hydrogen-bond donors (Lipinski definition) is 0. The van der Waals surface area contributed by atoms with Crippen molar-refractivity contribution < 1.29 is 28.5 Å². The average molecular weight is 477 g/mol. The molecule has 5 atom stereocenters. The normalized spacial score (nSPS) is 24.2. The quantitative estimate of drug-likeness (QED) is 0.400. The van der Waals surface area contributed by atoms with Crippen molar-refractivity contribution in [3.63, 3.8) is 0 Å². The van der Waals surface area contributed by atoms with Gasteiger partial charge in [0, 0.05) is 7.11 Å². The highest BCUT2D eigenvalue weighted by Crippen LogP contribution is 2.31. The summed E-state index contributed by atoms with van der Waals surface area (Å²) in [6, 6.07) is 29.6. The fraction of sp³-hybridized carbons (Fsp3) is 0.345. The van der Waals surface area contributed by atoms with Gasteiger partial charge in [0.15, 0.2) is 12.1 Å². The van der Waals surface area contributed by atoms with Gasteiger partial charge in [-0.2, -0.15) is 0 Å². The van der Waals surface area contributed by atoms with E-state index < -0.39 is 30.7 Å². The Hall–Kier alpha value is -2.87. The van der Waals surface area contributed by atoms with E-state index in [1.165, 1.54) is 6.92 Å². The van der Waals surface area contributed by atoms with Gasteiger partial charge in [0.25, 0.3) is 0 Å². The summed E-state index contributed by atoms with van der Waals surface area (Å²) in [5.74, 6) is -0.153. The fourth-order valence-corrected chi connectivity index (χ4v) is 4.18. The third-order valence-corrected chi connectivity index (χ3v) is 5.98. The maximum absolute atomic E-state index is 12.6. The predicted molar refractivity (Wildman–Crippen MR) is 131 cm³/mol. The first-order valence-electron chi connectivity index (χ1n) is 11.8. The molecule has 0 aliphatic carbocycles. The van der Waals surface area contributed by atoms with Crippen LogP contribution in [0, 0.1) is 0 Å². The zero-order chi connectivity index (χ0) is 24.5. The Bertz CT molecular complexity index is 1030. The molecule has 4 rings (SSSR count). The van der Waals surface area contributed by atoms with Crippen LogP contribution < -0.4 is 0 Å². The minimum Gasteiger partial charge on any atom is -0.368 e. The maximum atomic E-state index is 12.6. The van der Waals surface area contributed by atoms with E-state index in [0.717, 1.165) is 16.7 Å². The van der Waals surface area contributed by atoms with Crippen molar-refractivity contribution in [2.24, 2.45) is 0 Å². The molecular formula is C29H32O6. The number of Topliss-reactive ketones (excluding diaryl/α,β-unsaturated/α-hetero) is 1. The number of ketones is 1. The fourth-order valence-electron chi connectivity index (χ4n) is 4.18. The highest BCUT2D eigenvalue weighted by molar-refractivity contribution is 5.81. The van der Waals surface area contributed by atoms with Crippen LogP contribution in [-0.2, 0) is 48.3 Å². The summed E-state index contributed by atoms with van der Waals surface area (Å²) in [6.07, 6.45) is -3.52. The lowest BCUT2D eigenvalue weighted by Gasteiger charge is -2.44. The molecule has 0 saturated carbocycles. The number of rotatable bonds is 11. The molecule has 0 spiro atoms. The maximum Gasteiger partial charge on any atom is 0.187 e. The van der Waals surface area contributed by atoms with Gasteiger partial charge in [-0.15, -0.1) is 0 Å². The Labute approximate surface area is 206 Å². The standard InChI is InChI=1S/C29H32O6/c1-21(30)25-26(32-18-22-12-6-3-7-13-22)27(33-19-23-14-8-4-9-15-23)28(29(31-2)35-25)34-20-24-16-10-5-11-17-24/h3-17,25-29H,18-20H2,1-2H3/t25-,26-,27+,28-,29+/m1/s1. The molecule has 0 radical (unpaired) electrons. The third kappa shape index (κ3) is 6.84. The smallest absolute Gasteiger partial charge is 0.187 e. The van der Waals surface area contributed by atoms with E-state index in [4.69, 9.17) is 23.7 Å². The number of benzene rings is 3. The summed E-state index contributed by atoms with van der Waals surface area (Å²) in [7, 11) is 1.54. The first kappa shape index (κ1) is 25.2. The average Bonchev–Trinajstić information content (AvgIpc) is 2.91. The van der Waals surface area contributed by atoms with Crippen molar-refractivity contribution >= 4 is 5.78 Å². The third-order valence-electron chi connectivity index (χ3n) is 5.98. The number of carbonyl (C=O) groups excluding carboxylic acids is 1. The predicted octanol–water partition coefficient (Wildman–Crippen LogP) is 4.70. The van der Waals surface area contributed by atoms with Gasteiger partial charge in [0.2, 0.25) is 0 Å². The lowest BCUT2D eigenvalue weighted by Crippen LogP contribution is -2.62. The monoisotopic (exact) mass is 476 g/mol. The van der Waals surface area contributed by atoms with Crippen LogP contribution in [0.1, 0.15) is 23.6 Å². The summed E-state index contributed by atoms with van der Waals surface area (Å²) < 4.78 is 30.8. The molecule has 0 amide bonds. The second-order valence-electron chi connectivity index (χ2n) is 8.56. The van der Waals surface area contributed by atoms with Gasteiger partial charge in [-0.05, 0) is 23.6 Å². The van der Waals surface area contributed by atoms with Gasteiger partial charge >= 0.3 is 0 Å². The number of hydrogen-bond acceptors (Lipinski definition) is 6. The largest absolute Gasteiger partial charge is 0.368 e. The molecule has 0 aromatic heterocycles. The highest BCUT2D eigenvalue weighted by Gasteiger charge is 2.50. The van der Waals surface area contributed by atoms with E-state index in [9.17, 15) is 4.79 Å². The van der Waals surface area contributed by atoms with E-state index in [2.05, 4.69) is 0 Å². The first-order chi connectivity index (χ1) is 17.2. The van der Waals surface area contributed by atoms with Crippen LogP contribution in [0.3, 0.4) is 0 Å². The molecule has 1 aliphatic heterocycles. The van der Waals surface area contributed by atoms with E-state index in [1.54, 1.807) is 7.11 Å². The summed E-state index contributed by atoms with van der Waals surface area (Å²) >= 11 is 0. The van der Waals surface area contributed by atoms with Crippen LogP contribution in [0.5, 0.6) is 0 Å². The van der Waals surface area contributed by atoms with Crippen molar-refractivity contribution in [1.82, 2.24) is 0 Å². The zero-order valence-electron chi connectivity index (χ0n) is 20.1. The highest BCUT2D eigenvalue weighted by atomic mass is 16.7. The Kier molecular flexibility index (Phi) is 9.17. The summed E-state index contributed by atoms with van der Waals surface area (Å²) in [6.45, 7) is 2.49. The van der Waals surface area contributed by atoms with Crippen molar-refractivity contribution in [3.05, 3.63) is 108 Å². The first-order valence-corrected chi connectivity index (χ1v) is 11.8. The molecule has 184 valence electrons. The zero-order valence-corrected chi connectivity index (χ0v) is 20.1. The van der Waals surface area contributed by atoms with E-state index in [0.29, 0.717) is 19.8 Å². The second-order valence-corrected chi connectivity index (χ2v) is 8.56. The molecule has 3 aromatic carbocycles. The Morgan fingerprint density at radius 1 is 0.657 bits per heavy atom. The SMILES string of the molecule is CO[C@H]1O[C@H](C(C)=O)[C@@H](OCc2ccccc2)[C@H](OCc2ccccc2)[C@H]1OCc1ccccc1. The van der Waals surface area contributed by atoms with Crippen LogP contribution in [-0.4, -0.2) is 43.6 Å². The van der Waals surface area contributed by atoms with E-state index >= 15 is 0 Å². The van der Waals surface area contributed by atoms with Crippen molar-refractivity contribution in [3.8, 4) is 0 Å². The lowest BCUT2D eigenvalue weighted by atomic mass is 9.95. The molecular weight excluding hydrogens is 444 g/mol. The second kappa shape index (κ2) is 12.7. The van der Waals surface area contributed by atoms with Crippen molar-refractivity contribution in [1.29, 1.82) is 0 Å². The summed E-state index contributed by atoms with van der Waals surface area (Å²) in [4.78, 5) is 12.6. The van der Waals surface area contributed by atoms with Crippen molar-refractivity contribution in [2.75, 3.05) is 7.11 Å².